The first kappa shape index (κ1) is 20.2. The Morgan fingerprint density at radius 1 is 0.871 bits per heavy atom. The van der Waals surface area contributed by atoms with Crippen LogP contribution in [-0.2, 0) is 4.79 Å². The molecule has 0 saturated carbocycles. The molecule has 0 spiro atoms. The van der Waals surface area contributed by atoms with Crippen LogP contribution in [0.1, 0.15) is 30.9 Å². The van der Waals surface area contributed by atoms with Gasteiger partial charge in [0, 0.05) is 44.3 Å². The molecule has 164 valence electrons. The van der Waals surface area contributed by atoms with Gasteiger partial charge in [-0.05, 0) is 49.2 Å². The molecule has 1 atom stereocenters. The Morgan fingerprint density at radius 2 is 1.65 bits per heavy atom. The van der Waals surface area contributed by atoms with Crippen molar-refractivity contribution < 1.29 is 14.3 Å². The number of piperazine rings is 1. The van der Waals surface area contributed by atoms with E-state index < -0.39 is 0 Å². The summed E-state index contributed by atoms with van der Waals surface area (Å²) in [6.45, 7) is 6.21. The maximum atomic E-state index is 13.1. The second-order valence-electron chi connectivity index (χ2n) is 8.59. The van der Waals surface area contributed by atoms with Gasteiger partial charge in [-0.2, -0.15) is 0 Å². The Kier molecular flexibility index (Phi) is 5.98. The van der Waals surface area contributed by atoms with Crippen LogP contribution in [0.4, 0.5) is 5.69 Å². The van der Waals surface area contributed by atoms with Gasteiger partial charge in [0.1, 0.15) is 0 Å². The third-order valence-electron chi connectivity index (χ3n) is 6.61. The predicted molar refractivity (Wildman–Crippen MR) is 121 cm³/mol. The van der Waals surface area contributed by atoms with Crippen LogP contribution in [0, 0.1) is 0 Å². The van der Waals surface area contributed by atoms with E-state index in [4.69, 9.17) is 9.47 Å². The largest absolute Gasteiger partial charge is 0.490 e. The maximum absolute atomic E-state index is 13.1. The molecule has 2 aromatic carbocycles. The van der Waals surface area contributed by atoms with Crippen LogP contribution in [0.25, 0.3) is 0 Å². The van der Waals surface area contributed by atoms with E-state index in [0.29, 0.717) is 19.8 Å². The average Bonchev–Trinajstić information content (AvgIpc) is 3.15. The first-order chi connectivity index (χ1) is 15.3. The summed E-state index contributed by atoms with van der Waals surface area (Å²) in [5, 5.41) is 0. The zero-order valence-corrected chi connectivity index (χ0v) is 18.0. The van der Waals surface area contributed by atoms with Gasteiger partial charge in [0.15, 0.2) is 11.5 Å². The van der Waals surface area contributed by atoms with Gasteiger partial charge in [0.25, 0.3) is 0 Å². The molecule has 0 aliphatic carbocycles. The third kappa shape index (κ3) is 4.49. The van der Waals surface area contributed by atoms with Crippen molar-refractivity contribution >= 4 is 11.6 Å². The predicted octanol–water partition coefficient (Wildman–Crippen LogP) is 3.33. The molecule has 2 aromatic rings. The van der Waals surface area contributed by atoms with Crippen LogP contribution in [0.15, 0.2) is 48.5 Å². The molecule has 6 nitrogen and oxygen atoms in total. The minimum Gasteiger partial charge on any atom is -0.490 e. The fourth-order valence-corrected chi connectivity index (χ4v) is 4.91. The van der Waals surface area contributed by atoms with Gasteiger partial charge >= 0.3 is 0 Å². The molecule has 0 bridgehead atoms. The molecule has 1 amide bonds. The van der Waals surface area contributed by atoms with E-state index in [-0.39, 0.29) is 11.9 Å². The Bertz CT molecular complexity index is 896. The summed E-state index contributed by atoms with van der Waals surface area (Å²) in [5.41, 5.74) is 2.46. The fraction of sp³-hybridized carbons (Fsp3) is 0.480. The second kappa shape index (κ2) is 9.18. The lowest BCUT2D eigenvalue weighted by Crippen LogP contribution is -2.51. The van der Waals surface area contributed by atoms with Crippen molar-refractivity contribution in [3.8, 4) is 11.5 Å². The minimum absolute atomic E-state index is 0.244. The van der Waals surface area contributed by atoms with E-state index in [1.807, 2.05) is 17.0 Å². The number of rotatable bonds is 4. The summed E-state index contributed by atoms with van der Waals surface area (Å²) < 4.78 is 11.7. The van der Waals surface area contributed by atoms with E-state index >= 15 is 0 Å². The van der Waals surface area contributed by atoms with E-state index in [9.17, 15) is 4.79 Å². The molecule has 31 heavy (non-hydrogen) atoms. The number of fused-ring (bicyclic) bond motifs is 1. The molecule has 2 fully saturated rings. The van der Waals surface area contributed by atoms with E-state index in [0.717, 1.165) is 63.5 Å². The molecular weight excluding hydrogens is 390 g/mol. The van der Waals surface area contributed by atoms with Crippen LogP contribution in [-0.4, -0.2) is 68.2 Å². The molecule has 0 unspecified atom stereocenters. The highest BCUT2D eigenvalue weighted by Crippen LogP contribution is 2.37. The van der Waals surface area contributed by atoms with Crippen molar-refractivity contribution in [2.45, 2.75) is 25.3 Å². The Morgan fingerprint density at radius 3 is 2.45 bits per heavy atom. The minimum atomic E-state index is 0.244. The summed E-state index contributed by atoms with van der Waals surface area (Å²) in [6.07, 6.45) is 3.11. The number of likely N-dealkylation sites (tertiary alicyclic amines) is 1. The first-order valence-corrected chi connectivity index (χ1v) is 11.5. The number of ether oxygens (including phenoxy) is 2. The van der Waals surface area contributed by atoms with Gasteiger partial charge < -0.3 is 19.3 Å². The van der Waals surface area contributed by atoms with Crippen molar-refractivity contribution in [1.82, 2.24) is 9.80 Å². The number of benzene rings is 2. The third-order valence-corrected chi connectivity index (χ3v) is 6.61. The van der Waals surface area contributed by atoms with E-state index in [2.05, 4.69) is 46.2 Å². The van der Waals surface area contributed by atoms with Crippen LogP contribution in [0.3, 0.4) is 0 Å². The van der Waals surface area contributed by atoms with Gasteiger partial charge in [-0.1, -0.05) is 24.3 Å². The monoisotopic (exact) mass is 421 g/mol. The van der Waals surface area contributed by atoms with Gasteiger partial charge in [-0.3, -0.25) is 9.69 Å². The van der Waals surface area contributed by atoms with Crippen molar-refractivity contribution in [3.63, 3.8) is 0 Å². The number of nitrogens with zero attached hydrogens (tertiary/aromatic N) is 3. The average molecular weight is 422 g/mol. The highest BCUT2D eigenvalue weighted by atomic mass is 16.5. The highest BCUT2D eigenvalue weighted by Gasteiger charge is 2.31. The molecule has 3 aliphatic heterocycles. The van der Waals surface area contributed by atoms with Crippen LogP contribution < -0.4 is 14.4 Å². The van der Waals surface area contributed by atoms with Crippen LogP contribution in [0.2, 0.25) is 0 Å². The quantitative estimate of drug-likeness (QED) is 0.758. The number of anilines is 1. The number of para-hydroxylation sites is 1. The van der Waals surface area contributed by atoms with Gasteiger partial charge in [-0.25, -0.2) is 0 Å². The smallest absolute Gasteiger partial charge is 0.236 e. The molecule has 5 rings (SSSR count). The SMILES string of the molecule is O=C(CN1CCC[C@@H]1c1ccc2c(c1)OCCCO2)N1CCN(c2ccccc2)CC1. The molecule has 2 saturated heterocycles. The lowest BCUT2D eigenvalue weighted by atomic mass is 10.0. The van der Waals surface area contributed by atoms with Crippen LogP contribution in [0.5, 0.6) is 11.5 Å². The fourth-order valence-electron chi connectivity index (χ4n) is 4.91. The lowest BCUT2D eigenvalue weighted by molar-refractivity contribution is -0.133. The van der Waals surface area contributed by atoms with Crippen LogP contribution >= 0.6 is 0 Å². The maximum Gasteiger partial charge on any atom is 0.236 e. The normalized spacial score (nSPS) is 21.7. The van der Waals surface area contributed by atoms with Crippen molar-refractivity contribution in [1.29, 1.82) is 0 Å². The zero-order valence-electron chi connectivity index (χ0n) is 18.0. The summed E-state index contributed by atoms with van der Waals surface area (Å²) in [6, 6.07) is 17.0. The molecule has 0 radical (unpaired) electrons. The second-order valence-corrected chi connectivity index (χ2v) is 8.59. The zero-order chi connectivity index (χ0) is 21.0. The van der Waals surface area contributed by atoms with E-state index in [1.165, 1.54) is 11.3 Å². The number of hydrogen-bond acceptors (Lipinski definition) is 5. The van der Waals surface area contributed by atoms with Gasteiger partial charge in [0.2, 0.25) is 5.91 Å². The summed E-state index contributed by atoms with van der Waals surface area (Å²) >= 11 is 0. The van der Waals surface area contributed by atoms with Crippen molar-refractivity contribution in [3.05, 3.63) is 54.1 Å². The topological polar surface area (TPSA) is 45.3 Å². The number of carbonyl (C=O) groups excluding carboxylic acids is 1. The summed E-state index contributed by atoms with van der Waals surface area (Å²) in [7, 11) is 0. The Labute approximate surface area is 184 Å². The number of hydrogen-bond donors (Lipinski definition) is 0. The Balaban J connectivity index is 1.20. The first-order valence-electron chi connectivity index (χ1n) is 11.5. The lowest BCUT2D eigenvalue weighted by Gasteiger charge is -2.37. The highest BCUT2D eigenvalue weighted by molar-refractivity contribution is 5.78. The number of carbonyl (C=O) groups is 1. The number of amides is 1. The molecule has 0 aromatic heterocycles. The summed E-state index contributed by atoms with van der Waals surface area (Å²) in [4.78, 5) is 19.8. The van der Waals surface area contributed by atoms with E-state index in [1.54, 1.807) is 0 Å². The van der Waals surface area contributed by atoms with Gasteiger partial charge in [-0.15, -0.1) is 0 Å². The van der Waals surface area contributed by atoms with Crippen molar-refractivity contribution in [2.24, 2.45) is 0 Å². The molecule has 0 N–H and O–H groups in total. The standard InChI is InChI=1S/C25H31N3O3/c29-25(27-14-12-26(13-15-27)21-6-2-1-3-7-21)19-28-11-4-8-22(28)20-9-10-23-24(18-20)31-17-5-16-30-23/h1-3,6-7,9-10,18,22H,4-5,8,11-17,19H2/t22-/m1/s1. The Hall–Kier alpha value is -2.73. The molecular formula is C25H31N3O3. The molecule has 3 heterocycles. The van der Waals surface area contributed by atoms with Crippen molar-refractivity contribution in [2.75, 3.05) is 57.4 Å². The molecule has 6 heteroatoms. The summed E-state index contributed by atoms with van der Waals surface area (Å²) in [5.74, 6) is 1.91. The van der Waals surface area contributed by atoms with Gasteiger partial charge in [0.05, 0.1) is 19.8 Å². The molecule has 3 aliphatic rings.